The van der Waals surface area contributed by atoms with Crippen molar-refractivity contribution in [3.63, 3.8) is 0 Å². The molecule has 0 radical (unpaired) electrons. The molecule has 210 valence electrons. The Morgan fingerprint density at radius 3 is 2.83 bits per heavy atom. The van der Waals surface area contributed by atoms with Gasteiger partial charge in [-0.3, -0.25) is 15.0 Å². The fourth-order valence-corrected chi connectivity index (χ4v) is 5.32. The number of pyridine rings is 1. The highest BCUT2D eigenvalue weighted by Gasteiger charge is 2.19. The lowest BCUT2D eigenvalue weighted by Gasteiger charge is -2.29. The third-order valence-electron chi connectivity index (χ3n) is 7.37. The summed E-state index contributed by atoms with van der Waals surface area (Å²) in [6, 6.07) is 15.3. The van der Waals surface area contributed by atoms with Gasteiger partial charge in [-0.1, -0.05) is 12.1 Å². The highest BCUT2D eigenvalue weighted by Crippen LogP contribution is 2.31. The molecule has 0 amide bonds. The summed E-state index contributed by atoms with van der Waals surface area (Å²) in [7, 11) is 1.67. The Balaban J connectivity index is 1.16. The van der Waals surface area contributed by atoms with Crippen LogP contribution in [0.25, 0.3) is 39.5 Å². The van der Waals surface area contributed by atoms with Crippen molar-refractivity contribution in [2.75, 3.05) is 33.4 Å². The van der Waals surface area contributed by atoms with Crippen molar-refractivity contribution in [2.24, 2.45) is 0 Å². The minimum absolute atomic E-state index is 0.233. The third kappa shape index (κ3) is 6.21. The van der Waals surface area contributed by atoms with E-state index < -0.39 is 0 Å². The average Bonchev–Trinajstić information content (AvgIpc) is 3.64. The summed E-state index contributed by atoms with van der Waals surface area (Å²) in [5.74, 6) is 0.374. The first kappa shape index (κ1) is 26.9. The molecule has 0 saturated carbocycles. The first-order valence-corrected chi connectivity index (χ1v) is 13.9. The van der Waals surface area contributed by atoms with Crippen LogP contribution in [-0.4, -0.2) is 63.3 Å². The van der Waals surface area contributed by atoms with E-state index >= 15 is 0 Å². The van der Waals surface area contributed by atoms with E-state index in [1.165, 1.54) is 11.6 Å². The molecule has 0 atom stereocenters. The van der Waals surface area contributed by atoms with E-state index in [0.29, 0.717) is 31.1 Å². The fraction of sp³-hybridized carbons (Fsp3) is 0.281. The van der Waals surface area contributed by atoms with Crippen molar-refractivity contribution in [1.29, 1.82) is 0 Å². The number of hydrogen-bond acceptors (Lipinski definition) is 6. The van der Waals surface area contributed by atoms with Crippen LogP contribution in [0.1, 0.15) is 24.8 Å². The Hall–Kier alpha value is -4.34. The molecular formula is C32H33FN6O2. The van der Waals surface area contributed by atoms with Gasteiger partial charge in [0.2, 0.25) is 0 Å². The van der Waals surface area contributed by atoms with E-state index in [1.54, 1.807) is 25.6 Å². The van der Waals surface area contributed by atoms with Crippen LogP contribution in [-0.2, 0) is 11.3 Å². The van der Waals surface area contributed by atoms with E-state index in [9.17, 15) is 4.39 Å². The molecule has 3 aromatic heterocycles. The molecular weight excluding hydrogens is 519 g/mol. The maximum atomic E-state index is 14.8. The molecule has 2 aromatic carbocycles. The molecule has 5 aromatic rings. The first-order valence-electron chi connectivity index (χ1n) is 13.9. The predicted octanol–water partition coefficient (Wildman–Crippen LogP) is 6.18. The number of benzene rings is 2. The minimum atomic E-state index is -0.233. The molecule has 1 N–H and O–H groups in total. The number of nitrogens with zero attached hydrogens (tertiary/aromatic N) is 5. The predicted molar refractivity (Wildman–Crippen MR) is 158 cm³/mol. The van der Waals surface area contributed by atoms with Gasteiger partial charge >= 0.3 is 0 Å². The standard InChI is InChI=1S/C32H33FN6O2/c1-40-15-4-16-41-31-7-2-6-29(33)28(31)22-38-14-3-5-23(19-38)20-39-21-26(18-35-39)25-8-9-30-27(17-25)32(37-36-30)24-10-12-34-13-11-24/h2,6-13,17-18,20-21H,3-5,14-16,19,22H2,1H3,(H,36,37)/b23-20-. The van der Waals surface area contributed by atoms with Gasteiger partial charge in [-0.05, 0) is 66.9 Å². The summed E-state index contributed by atoms with van der Waals surface area (Å²) in [6.07, 6.45) is 12.3. The largest absolute Gasteiger partial charge is 0.493 e. The van der Waals surface area contributed by atoms with Gasteiger partial charge in [0.05, 0.1) is 18.3 Å². The lowest BCUT2D eigenvalue weighted by atomic mass is 10.0. The first-order chi connectivity index (χ1) is 20.2. The summed E-state index contributed by atoms with van der Waals surface area (Å²) < 4.78 is 27.7. The number of hydrogen-bond donors (Lipinski definition) is 1. The van der Waals surface area contributed by atoms with Gasteiger partial charge in [-0.15, -0.1) is 0 Å². The summed E-state index contributed by atoms with van der Waals surface area (Å²) in [5.41, 5.74) is 6.87. The van der Waals surface area contributed by atoms with Gasteiger partial charge in [-0.25, -0.2) is 9.07 Å². The molecule has 1 fully saturated rings. The number of aromatic amines is 1. The van der Waals surface area contributed by atoms with Crippen LogP contribution in [0.5, 0.6) is 5.75 Å². The highest BCUT2D eigenvalue weighted by molar-refractivity contribution is 5.95. The van der Waals surface area contributed by atoms with Gasteiger partial charge in [0.15, 0.2) is 0 Å². The van der Waals surface area contributed by atoms with E-state index in [1.807, 2.05) is 35.3 Å². The van der Waals surface area contributed by atoms with Crippen LogP contribution in [0.4, 0.5) is 4.39 Å². The van der Waals surface area contributed by atoms with Crippen LogP contribution in [0, 0.1) is 5.82 Å². The van der Waals surface area contributed by atoms with Gasteiger partial charge in [0, 0.05) is 80.1 Å². The molecule has 0 bridgehead atoms. The summed E-state index contributed by atoms with van der Waals surface area (Å²) in [5, 5.41) is 13.3. The van der Waals surface area contributed by atoms with E-state index in [-0.39, 0.29) is 5.82 Å². The summed E-state index contributed by atoms with van der Waals surface area (Å²) in [6.45, 7) is 3.27. The van der Waals surface area contributed by atoms with Gasteiger partial charge in [0.25, 0.3) is 0 Å². The molecule has 41 heavy (non-hydrogen) atoms. The Labute approximate surface area is 238 Å². The van der Waals surface area contributed by atoms with Crippen LogP contribution in [0.3, 0.4) is 0 Å². The zero-order chi connectivity index (χ0) is 28.0. The monoisotopic (exact) mass is 552 g/mol. The molecule has 0 aliphatic carbocycles. The van der Waals surface area contributed by atoms with Crippen molar-refractivity contribution in [3.05, 3.63) is 90.3 Å². The maximum absolute atomic E-state index is 14.8. The van der Waals surface area contributed by atoms with Crippen molar-refractivity contribution >= 4 is 17.1 Å². The van der Waals surface area contributed by atoms with Gasteiger partial charge in [-0.2, -0.15) is 10.2 Å². The molecule has 6 rings (SSSR count). The van der Waals surface area contributed by atoms with Gasteiger partial charge in [0.1, 0.15) is 17.3 Å². The number of ether oxygens (including phenoxy) is 2. The van der Waals surface area contributed by atoms with Gasteiger partial charge < -0.3 is 9.47 Å². The molecule has 4 heterocycles. The van der Waals surface area contributed by atoms with Crippen molar-refractivity contribution in [2.45, 2.75) is 25.8 Å². The van der Waals surface area contributed by atoms with Crippen molar-refractivity contribution in [3.8, 4) is 28.1 Å². The number of methoxy groups -OCH3 is 1. The average molecular weight is 553 g/mol. The molecule has 8 nitrogen and oxygen atoms in total. The highest BCUT2D eigenvalue weighted by atomic mass is 19.1. The summed E-state index contributed by atoms with van der Waals surface area (Å²) in [4.78, 5) is 6.39. The topological polar surface area (TPSA) is 81.1 Å². The smallest absolute Gasteiger partial charge is 0.131 e. The zero-order valence-corrected chi connectivity index (χ0v) is 23.1. The van der Waals surface area contributed by atoms with Crippen molar-refractivity contribution < 1.29 is 13.9 Å². The number of halogens is 1. The Morgan fingerprint density at radius 2 is 1.95 bits per heavy atom. The second-order valence-corrected chi connectivity index (χ2v) is 10.3. The number of piperidine rings is 1. The number of fused-ring (bicyclic) bond motifs is 1. The lowest BCUT2D eigenvalue weighted by Crippen LogP contribution is -2.31. The molecule has 1 aliphatic rings. The second-order valence-electron chi connectivity index (χ2n) is 10.3. The number of likely N-dealkylation sites (tertiary alicyclic amines) is 1. The van der Waals surface area contributed by atoms with Crippen LogP contribution >= 0.6 is 0 Å². The second kappa shape index (κ2) is 12.4. The Kier molecular flexibility index (Phi) is 8.16. The van der Waals surface area contributed by atoms with Crippen LogP contribution < -0.4 is 4.74 Å². The van der Waals surface area contributed by atoms with E-state index in [4.69, 9.17) is 9.47 Å². The number of H-pyrrole nitrogens is 1. The number of aromatic nitrogens is 5. The minimum Gasteiger partial charge on any atom is -0.493 e. The lowest BCUT2D eigenvalue weighted by molar-refractivity contribution is 0.170. The summed E-state index contributed by atoms with van der Waals surface area (Å²) >= 11 is 0. The van der Waals surface area contributed by atoms with Crippen LogP contribution in [0.15, 0.2) is 78.9 Å². The molecule has 1 saturated heterocycles. The number of nitrogens with one attached hydrogen (secondary N) is 1. The molecule has 1 aliphatic heterocycles. The quantitative estimate of drug-likeness (QED) is 0.209. The normalized spacial score (nSPS) is 15.1. The SMILES string of the molecule is COCCCOc1cccc(F)c1CN1CCC/C(=C/n2cc(-c3ccc4[nH]nc(-c5ccncc5)c4c3)cn2)C1. The zero-order valence-electron chi connectivity index (χ0n) is 23.1. The molecule has 0 unspecified atom stereocenters. The Morgan fingerprint density at radius 1 is 1.05 bits per heavy atom. The Bertz CT molecular complexity index is 1640. The fourth-order valence-electron chi connectivity index (χ4n) is 5.32. The molecule has 0 spiro atoms. The maximum Gasteiger partial charge on any atom is 0.131 e. The van der Waals surface area contributed by atoms with Crippen LogP contribution in [0.2, 0.25) is 0 Å². The van der Waals surface area contributed by atoms with Crippen molar-refractivity contribution in [1.82, 2.24) is 29.9 Å². The van der Waals surface area contributed by atoms with E-state index in [2.05, 4.69) is 49.6 Å². The number of rotatable bonds is 10. The molecule has 9 heteroatoms. The van der Waals surface area contributed by atoms with E-state index in [0.717, 1.165) is 65.6 Å². The third-order valence-corrected chi connectivity index (χ3v) is 7.37.